The molecule has 0 bridgehead atoms. The SMILES string of the molecule is Nc1cnc(Cl)nc1N1CCC2(O)CCCCC2C1. The zero-order valence-electron chi connectivity index (χ0n) is 10.8. The standard InChI is InChI=1S/C13H19ClN4O/c14-12-16-7-10(15)11(17-12)18-6-5-13(19)4-2-1-3-9(13)8-18/h7,9,19H,1-6,8,15H2. The van der Waals surface area contributed by atoms with Crippen molar-refractivity contribution in [2.24, 2.45) is 5.92 Å². The first-order valence-electron chi connectivity index (χ1n) is 6.84. The zero-order chi connectivity index (χ0) is 13.5. The van der Waals surface area contributed by atoms with Gasteiger partial charge in [-0.1, -0.05) is 12.8 Å². The number of halogens is 1. The molecule has 1 aliphatic carbocycles. The second-order valence-electron chi connectivity index (χ2n) is 5.66. The van der Waals surface area contributed by atoms with Crippen LogP contribution >= 0.6 is 11.6 Å². The topological polar surface area (TPSA) is 75.3 Å². The highest BCUT2D eigenvalue weighted by Gasteiger charge is 2.43. The van der Waals surface area contributed by atoms with Crippen molar-refractivity contribution >= 4 is 23.1 Å². The van der Waals surface area contributed by atoms with Crippen molar-refractivity contribution in [3.05, 3.63) is 11.5 Å². The van der Waals surface area contributed by atoms with E-state index in [0.717, 1.165) is 38.8 Å². The number of anilines is 2. The van der Waals surface area contributed by atoms with Crippen molar-refractivity contribution in [1.29, 1.82) is 0 Å². The normalized spacial score (nSPS) is 31.1. The van der Waals surface area contributed by atoms with Gasteiger partial charge < -0.3 is 15.7 Å². The van der Waals surface area contributed by atoms with E-state index in [0.29, 0.717) is 17.4 Å². The average Bonchev–Trinajstić information content (AvgIpc) is 2.40. The number of aromatic nitrogens is 2. The Balaban J connectivity index is 1.82. The van der Waals surface area contributed by atoms with Gasteiger partial charge in [0.05, 0.1) is 17.5 Å². The Hall–Kier alpha value is -1.07. The molecule has 0 amide bonds. The lowest BCUT2D eigenvalue weighted by atomic mass is 9.71. The third-order valence-corrected chi connectivity index (χ3v) is 4.68. The van der Waals surface area contributed by atoms with E-state index in [1.807, 2.05) is 0 Å². The highest BCUT2D eigenvalue weighted by atomic mass is 35.5. The molecule has 3 rings (SSSR count). The van der Waals surface area contributed by atoms with Gasteiger partial charge in [-0.05, 0) is 30.9 Å². The smallest absolute Gasteiger partial charge is 0.224 e. The van der Waals surface area contributed by atoms with Crippen molar-refractivity contribution in [1.82, 2.24) is 9.97 Å². The molecule has 3 N–H and O–H groups in total. The van der Waals surface area contributed by atoms with Gasteiger partial charge in [-0.15, -0.1) is 0 Å². The van der Waals surface area contributed by atoms with E-state index in [-0.39, 0.29) is 5.28 Å². The number of hydrogen-bond donors (Lipinski definition) is 2. The van der Waals surface area contributed by atoms with Crippen molar-refractivity contribution in [3.8, 4) is 0 Å². The molecule has 1 aliphatic heterocycles. The molecule has 1 saturated carbocycles. The van der Waals surface area contributed by atoms with Gasteiger partial charge in [0, 0.05) is 19.0 Å². The predicted molar refractivity (Wildman–Crippen MR) is 75.2 cm³/mol. The van der Waals surface area contributed by atoms with Crippen molar-refractivity contribution in [3.63, 3.8) is 0 Å². The highest BCUT2D eigenvalue weighted by Crippen LogP contribution is 2.41. The molecule has 1 aromatic rings. The molecule has 0 radical (unpaired) electrons. The molecule has 19 heavy (non-hydrogen) atoms. The number of nitrogen functional groups attached to an aromatic ring is 1. The minimum Gasteiger partial charge on any atom is -0.394 e. The van der Waals surface area contributed by atoms with Crippen LogP contribution in [-0.4, -0.2) is 33.8 Å². The Labute approximate surface area is 117 Å². The quantitative estimate of drug-likeness (QED) is 0.769. The monoisotopic (exact) mass is 282 g/mol. The first-order chi connectivity index (χ1) is 9.08. The number of hydrogen-bond acceptors (Lipinski definition) is 5. The summed E-state index contributed by atoms with van der Waals surface area (Å²) in [6.07, 6.45) is 6.65. The maximum atomic E-state index is 10.7. The fourth-order valence-electron chi connectivity index (χ4n) is 3.38. The van der Waals surface area contributed by atoms with Crippen molar-refractivity contribution in [2.75, 3.05) is 23.7 Å². The summed E-state index contributed by atoms with van der Waals surface area (Å²) in [5.74, 6) is 1.01. The summed E-state index contributed by atoms with van der Waals surface area (Å²) in [5.41, 5.74) is 5.99. The molecule has 2 aliphatic rings. The number of fused-ring (bicyclic) bond motifs is 1. The van der Waals surface area contributed by atoms with E-state index < -0.39 is 5.60 Å². The predicted octanol–water partition coefficient (Wildman–Crippen LogP) is 1.84. The van der Waals surface area contributed by atoms with E-state index in [1.54, 1.807) is 6.20 Å². The summed E-state index contributed by atoms with van der Waals surface area (Å²) in [6.45, 7) is 1.57. The van der Waals surface area contributed by atoms with Crippen LogP contribution in [0.5, 0.6) is 0 Å². The van der Waals surface area contributed by atoms with Gasteiger partial charge in [0.25, 0.3) is 0 Å². The molecule has 5 nitrogen and oxygen atoms in total. The molecule has 0 aromatic carbocycles. The first kappa shape index (κ1) is 12.9. The molecule has 2 heterocycles. The second-order valence-corrected chi connectivity index (χ2v) is 6.00. The Bertz CT molecular complexity index is 484. The van der Waals surface area contributed by atoms with E-state index in [1.165, 1.54) is 6.42 Å². The first-order valence-corrected chi connectivity index (χ1v) is 7.22. The molecular weight excluding hydrogens is 264 g/mol. The molecule has 2 fully saturated rings. The third-order valence-electron chi connectivity index (χ3n) is 4.49. The van der Waals surface area contributed by atoms with Crippen LogP contribution in [0, 0.1) is 5.92 Å². The van der Waals surface area contributed by atoms with Crippen LogP contribution in [-0.2, 0) is 0 Å². The van der Waals surface area contributed by atoms with Gasteiger partial charge in [-0.25, -0.2) is 4.98 Å². The summed E-state index contributed by atoms with van der Waals surface area (Å²) in [6, 6.07) is 0. The van der Waals surface area contributed by atoms with Gasteiger partial charge in [0.15, 0.2) is 5.82 Å². The van der Waals surface area contributed by atoms with Gasteiger partial charge in [-0.2, -0.15) is 4.98 Å². The molecule has 2 unspecified atom stereocenters. The Morgan fingerprint density at radius 3 is 3.11 bits per heavy atom. The number of rotatable bonds is 1. The van der Waals surface area contributed by atoms with Gasteiger partial charge in [0.1, 0.15) is 0 Å². The number of nitrogens with two attached hydrogens (primary N) is 1. The molecule has 6 heteroatoms. The maximum Gasteiger partial charge on any atom is 0.224 e. The Kier molecular flexibility index (Phi) is 3.27. The zero-order valence-corrected chi connectivity index (χ0v) is 11.6. The van der Waals surface area contributed by atoms with E-state index in [9.17, 15) is 5.11 Å². The fourth-order valence-corrected chi connectivity index (χ4v) is 3.51. The van der Waals surface area contributed by atoms with Crippen LogP contribution < -0.4 is 10.6 Å². The van der Waals surface area contributed by atoms with Crippen molar-refractivity contribution in [2.45, 2.75) is 37.7 Å². The van der Waals surface area contributed by atoms with Crippen LogP contribution in [0.25, 0.3) is 0 Å². The second kappa shape index (κ2) is 4.80. The third kappa shape index (κ3) is 2.37. The van der Waals surface area contributed by atoms with Gasteiger partial charge in [0.2, 0.25) is 5.28 Å². The largest absolute Gasteiger partial charge is 0.394 e. The minimum atomic E-state index is -0.486. The van der Waals surface area contributed by atoms with E-state index in [2.05, 4.69) is 14.9 Å². The molecule has 1 aromatic heterocycles. The lowest BCUT2D eigenvalue weighted by Crippen LogP contribution is -2.53. The van der Waals surface area contributed by atoms with Crippen LogP contribution in [0.4, 0.5) is 11.5 Å². The highest BCUT2D eigenvalue weighted by molar-refractivity contribution is 6.28. The van der Waals surface area contributed by atoms with Crippen molar-refractivity contribution < 1.29 is 5.11 Å². The summed E-state index contributed by atoms with van der Waals surface area (Å²) >= 11 is 5.85. The molecule has 1 saturated heterocycles. The lowest BCUT2D eigenvalue weighted by Gasteiger charge is -2.47. The van der Waals surface area contributed by atoms with Crippen LogP contribution in [0.3, 0.4) is 0 Å². The maximum absolute atomic E-state index is 10.7. The molecule has 104 valence electrons. The summed E-state index contributed by atoms with van der Waals surface area (Å²) in [5, 5.41) is 10.9. The summed E-state index contributed by atoms with van der Waals surface area (Å²) in [4.78, 5) is 10.2. The molecule has 2 atom stereocenters. The van der Waals surface area contributed by atoms with Gasteiger partial charge >= 0.3 is 0 Å². The summed E-state index contributed by atoms with van der Waals surface area (Å²) in [7, 11) is 0. The minimum absolute atomic E-state index is 0.216. The Morgan fingerprint density at radius 2 is 2.26 bits per heavy atom. The summed E-state index contributed by atoms with van der Waals surface area (Å²) < 4.78 is 0. The lowest BCUT2D eigenvalue weighted by molar-refractivity contribution is -0.0613. The van der Waals surface area contributed by atoms with E-state index >= 15 is 0 Å². The fraction of sp³-hybridized carbons (Fsp3) is 0.692. The number of nitrogens with zero attached hydrogens (tertiary/aromatic N) is 3. The van der Waals surface area contributed by atoms with Crippen LogP contribution in [0.15, 0.2) is 6.20 Å². The van der Waals surface area contributed by atoms with Gasteiger partial charge in [-0.3, -0.25) is 0 Å². The van der Waals surface area contributed by atoms with E-state index in [4.69, 9.17) is 17.3 Å². The molecule has 0 spiro atoms. The molecular formula is C13H19ClN4O. The number of aliphatic hydroxyl groups is 1. The number of piperidine rings is 1. The van der Waals surface area contributed by atoms with Crippen LogP contribution in [0.2, 0.25) is 5.28 Å². The Morgan fingerprint density at radius 1 is 1.42 bits per heavy atom. The van der Waals surface area contributed by atoms with Crippen LogP contribution in [0.1, 0.15) is 32.1 Å². The average molecular weight is 283 g/mol.